The Bertz CT molecular complexity index is 376. The molecule has 72 valence electrons. The normalized spacial score (nSPS) is 12.0. The Morgan fingerprint density at radius 2 is 2.36 bits per heavy atom. The zero-order chi connectivity index (χ0) is 10.4. The van der Waals surface area contributed by atoms with Crippen LogP contribution in [0.5, 0.6) is 0 Å². The summed E-state index contributed by atoms with van der Waals surface area (Å²) in [6.07, 6.45) is 9.34. The molecule has 0 N–H and O–H groups in total. The molecule has 0 aliphatic heterocycles. The average Bonchev–Trinajstić information content (AvgIpc) is 2.18. The molecule has 2 nitrogen and oxygen atoms in total. The highest BCUT2D eigenvalue weighted by atomic mass is 14.6. The van der Waals surface area contributed by atoms with Crippen molar-refractivity contribution in [2.24, 2.45) is 4.99 Å². The lowest BCUT2D eigenvalue weighted by Gasteiger charge is -2.04. The fourth-order valence-electron chi connectivity index (χ4n) is 1.25. The van der Waals surface area contributed by atoms with Gasteiger partial charge in [-0.15, -0.1) is 0 Å². The highest BCUT2D eigenvalue weighted by Gasteiger charge is 2.00. The molecule has 0 amide bonds. The second-order valence-electron chi connectivity index (χ2n) is 2.96. The van der Waals surface area contributed by atoms with Crippen molar-refractivity contribution in [2.75, 3.05) is 0 Å². The lowest BCUT2D eigenvalue weighted by molar-refractivity contribution is 1.26. The van der Waals surface area contributed by atoms with Crippen molar-refractivity contribution in [1.29, 1.82) is 0 Å². The maximum atomic E-state index is 4.09. The molecular formula is C12H14N2. The van der Waals surface area contributed by atoms with Gasteiger partial charge in [0.05, 0.1) is 0 Å². The van der Waals surface area contributed by atoms with Crippen LogP contribution in [0.2, 0.25) is 0 Å². The third-order valence-electron chi connectivity index (χ3n) is 1.93. The van der Waals surface area contributed by atoms with E-state index in [0.29, 0.717) is 0 Å². The number of aliphatic imine (C=N–C) groups is 1. The third kappa shape index (κ3) is 2.39. The summed E-state index contributed by atoms with van der Waals surface area (Å²) >= 11 is 0. The van der Waals surface area contributed by atoms with Crippen LogP contribution in [-0.2, 0) is 0 Å². The van der Waals surface area contributed by atoms with Crippen LogP contribution in [0, 0.1) is 6.92 Å². The third-order valence-corrected chi connectivity index (χ3v) is 1.93. The highest BCUT2D eigenvalue weighted by molar-refractivity contribution is 5.75. The van der Waals surface area contributed by atoms with Crippen LogP contribution in [0.25, 0.3) is 5.57 Å². The van der Waals surface area contributed by atoms with Crippen molar-refractivity contribution in [3.8, 4) is 0 Å². The number of aryl methyl sites for hydroxylation is 1. The Kier molecular flexibility index (Phi) is 3.80. The van der Waals surface area contributed by atoms with E-state index in [2.05, 4.69) is 23.6 Å². The lowest BCUT2D eigenvalue weighted by Crippen LogP contribution is -1.87. The predicted octanol–water partition coefficient (Wildman–Crippen LogP) is 3.01. The SMILES string of the molecule is C=N/C=C(\C=C/C)c1cnccc1C. The molecule has 0 spiro atoms. The second kappa shape index (κ2) is 5.12. The van der Waals surface area contributed by atoms with Gasteiger partial charge in [-0.3, -0.25) is 9.98 Å². The summed E-state index contributed by atoms with van der Waals surface area (Å²) in [7, 11) is 0. The first kappa shape index (κ1) is 10.4. The number of nitrogens with zero attached hydrogens (tertiary/aromatic N) is 2. The van der Waals surface area contributed by atoms with E-state index in [9.17, 15) is 0 Å². The van der Waals surface area contributed by atoms with Gasteiger partial charge < -0.3 is 0 Å². The first-order chi connectivity index (χ1) is 6.79. The number of aromatic nitrogens is 1. The predicted molar refractivity (Wildman–Crippen MR) is 61.3 cm³/mol. The molecule has 0 aliphatic carbocycles. The zero-order valence-corrected chi connectivity index (χ0v) is 8.57. The number of rotatable bonds is 3. The molecule has 0 saturated carbocycles. The van der Waals surface area contributed by atoms with Crippen LogP contribution in [0.4, 0.5) is 0 Å². The maximum absolute atomic E-state index is 4.09. The molecule has 1 aromatic heterocycles. The number of allylic oxidation sites excluding steroid dienone is 3. The minimum Gasteiger partial charge on any atom is -0.272 e. The molecule has 0 aliphatic rings. The van der Waals surface area contributed by atoms with E-state index >= 15 is 0 Å². The van der Waals surface area contributed by atoms with Crippen molar-refractivity contribution < 1.29 is 0 Å². The maximum Gasteiger partial charge on any atom is 0.0349 e. The minimum absolute atomic E-state index is 1.04. The van der Waals surface area contributed by atoms with Crippen molar-refractivity contribution in [1.82, 2.24) is 4.98 Å². The lowest BCUT2D eigenvalue weighted by atomic mass is 10.0. The Morgan fingerprint density at radius 3 is 2.93 bits per heavy atom. The zero-order valence-electron chi connectivity index (χ0n) is 8.57. The molecule has 14 heavy (non-hydrogen) atoms. The molecule has 0 aromatic carbocycles. The van der Waals surface area contributed by atoms with Gasteiger partial charge in [0, 0.05) is 29.7 Å². The number of hydrogen-bond donors (Lipinski definition) is 0. The topological polar surface area (TPSA) is 25.2 Å². The van der Waals surface area contributed by atoms with Gasteiger partial charge in [-0.05, 0) is 32.2 Å². The number of hydrogen-bond acceptors (Lipinski definition) is 2. The smallest absolute Gasteiger partial charge is 0.0349 e. The summed E-state index contributed by atoms with van der Waals surface area (Å²) in [5.74, 6) is 0. The largest absolute Gasteiger partial charge is 0.272 e. The van der Waals surface area contributed by atoms with Crippen LogP contribution in [0.1, 0.15) is 18.1 Å². The fourth-order valence-corrected chi connectivity index (χ4v) is 1.25. The van der Waals surface area contributed by atoms with E-state index in [1.54, 1.807) is 12.4 Å². The molecule has 0 saturated heterocycles. The number of pyridine rings is 1. The van der Waals surface area contributed by atoms with E-state index in [1.807, 2.05) is 31.3 Å². The van der Waals surface area contributed by atoms with Crippen molar-refractivity contribution in [2.45, 2.75) is 13.8 Å². The van der Waals surface area contributed by atoms with Crippen LogP contribution in [-0.4, -0.2) is 11.7 Å². The van der Waals surface area contributed by atoms with Gasteiger partial charge in [-0.2, -0.15) is 0 Å². The van der Waals surface area contributed by atoms with Crippen molar-refractivity contribution in [3.05, 3.63) is 47.9 Å². The van der Waals surface area contributed by atoms with Crippen LogP contribution in [0.15, 0.2) is 41.8 Å². The van der Waals surface area contributed by atoms with Crippen LogP contribution < -0.4 is 0 Å². The first-order valence-electron chi connectivity index (χ1n) is 4.49. The van der Waals surface area contributed by atoms with Crippen LogP contribution in [0.3, 0.4) is 0 Å². The molecular weight excluding hydrogens is 172 g/mol. The van der Waals surface area contributed by atoms with Gasteiger partial charge in [0.1, 0.15) is 0 Å². The summed E-state index contributed by atoms with van der Waals surface area (Å²) in [6, 6.07) is 1.98. The van der Waals surface area contributed by atoms with Gasteiger partial charge in [0.2, 0.25) is 0 Å². The first-order valence-corrected chi connectivity index (χ1v) is 4.49. The highest BCUT2D eigenvalue weighted by Crippen LogP contribution is 2.18. The summed E-state index contributed by atoms with van der Waals surface area (Å²) in [5.41, 5.74) is 3.32. The molecule has 0 unspecified atom stereocenters. The van der Waals surface area contributed by atoms with E-state index in [0.717, 1.165) is 11.1 Å². The van der Waals surface area contributed by atoms with Gasteiger partial charge >= 0.3 is 0 Å². The summed E-state index contributed by atoms with van der Waals surface area (Å²) in [5, 5.41) is 0. The van der Waals surface area contributed by atoms with E-state index in [4.69, 9.17) is 0 Å². The molecule has 1 rings (SSSR count). The monoisotopic (exact) mass is 186 g/mol. The second-order valence-corrected chi connectivity index (χ2v) is 2.96. The van der Waals surface area contributed by atoms with Gasteiger partial charge in [-0.25, -0.2) is 0 Å². The summed E-state index contributed by atoms with van der Waals surface area (Å²) in [6.45, 7) is 7.49. The Labute approximate surface area is 84.7 Å². The Hall–Kier alpha value is -1.70. The van der Waals surface area contributed by atoms with Gasteiger partial charge in [0.15, 0.2) is 0 Å². The molecule has 1 aromatic rings. The van der Waals surface area contributed by atoms with Gasteiger partial charge in [-0.1, -0.05) is 12.2 Å². The minimum atomic E-state index is 1.04. The molecule has 0 fully saturated rings. The van der Waals surface area contributed by atoms with E-state index in [1.165, 1.54) is 5.56 Å². The molecule has 0 bridgehead atoms. The average molecular weight is 186 g/mol. The van der Waals surface area contributed by atoms with Crippen molar-refractivity contribution >= 4 is 12.3 Å². The Balaban J connectivity index is 3.18. The molecule has 1 heterocycles. The van der Waals surface area contributed by atoms with Crippen molar-refractivity contribution in [3.63, 3.8) is 0 Å². The van der Waals surface area contributed by atoms with Gasteiger partial charge in [0.25, 0.3) is 0 Å². The standard InChI is InChI=1S/C12H14N2/c1-4-5-11(8-13-3)12-9-14-7-6-10(12)2/h4-9H,3H2,1-2H3/b5-4-,11-8+. The van der Waals surface area contributed by atoms with E-state index < -0.39 is 0 Å². The van der Waals surface area contributed by atoms with Crippen LogP contribution >= 0.6 is 0 Å². The van der Waals surface area contributed by atoms with E-state index in [-0.39, 0.29) is 0 Å². The quantitative estimate of drug-likeness (QED) is 0.526. The molecule has 0 radical (unpaired) electrons. The Morgan fingerprint density at radius 1 is 1.57 bits per heavy atom. The fraction of sp³-hybridized carbons (Fsp3) is 0.167. The summed E-state index contributed by atoms with van der Waals surface area (Å²) in [4.78, 5) is 7.88. The summed E-state index contributed by atoms with van der Waals surface area (Å²) < 4.78 is 0. The molecule has 0 atom stereocenters. The molecule has 2 heteroatoms.